The Morgan fingerprint density at radius 2 is 2.17 bits per heavy atom. The first kappa shape index (κ1) is 14.4. The lowest BCUT2D eigenvalue weighted by Gasteiger charge is -2.11. The number of hydrogen-bond acceptors (Lipinski definition) is 4. The monoisotopic (exact) mass is 263 g/mol. The fourth-order valence-electron chi connectivity index (χ4n) is 1.56. The van der Waals surface area contributed by atoms with Gasteiger partial charge in [-0.25, -0.2) is 4.99 Å². The van der Waals surface area contributed by atoms with Crippen LogP contribution in [0, 0.1) is 18.4 Å². The van der Waals surface area contributed by atoms with E-state index >= 15 is 0 Å². The summed E-state index contributed by atoms with van der Waals surface area (Å²) in [7, 11) is 0. The SMILES string of the molecule is CSC(=Nc1cc(C(C)C)c(O)cc1C)NC#N. The maximum absolute atomic E-state index is 9.86. The highest BCUT2D eigenvalue weighted by Crippen LogP contribution is 2.32. The lowest BCUT2D eigenvalue weighted by molar-refractivity contribution is 0.464. The van der Waals surface area contributed by atoms with Crippen LogP contribution in [0.5, 0.6) is 5.75 Å². The molecule has 0 saturated carbocycles. The molecule has 0 aliphatic rings. The van der Waals surface area contributed by atoms with Gasteiger partial charge in [-0.3, -0.25) is 5.32 Å². The molecule has 1 aromatic rings. The molecule has 96 valence electrons. The maximum atomic E-state index is 9.86. The third-order valence-corrected chi connectivity index (χ3v) is 3.13. The molecule has 0 unspecified atom stereocenters. The predicted octanol–water partition coefficient (Wildman–Crippen LogP) is 3.25. The molecule has 1 rings (SSSR count). The van der Waals surface area contributed by atoms with Crippen LogP contribution >= 0.6 is 11.8 Å². The number of aryl methyl sites for hydroxylation is 1. The number of rotatable bonds is 2. The van der Waals surface area contributed by atoms with Crippen molar-refractivity contribution in [1.82, 2.24) is 5.32 Å². The zero-order valence-corrected chi connectivity index (χ0v) is 11.8. The molecular formula is C13H17N3OS. The van der Waals surface area contributed by atoms with Crippen molar-refractivity contribution in [3.8, 4) is 11.9 Å². The van der Waals surface area contributed by atoms with Gasteiger partial charge in [-0.15, -0.1) is 0 Å². The highest BCUT2D eigenvalue weighted by molar-refractivity contribution is 8.13. The van der Waals surface area contributed by atoms with E-state index in [4.69, 9.17) is 5.26 Å². The van der Waals surface area contributed by atoms with E-state index in [1.54, 1.807) is 6.07 Å². The first-order chi connectivity index (χ1) is 8.49. The van der Waals surface area contributed by atoms with E-state index in [0.717, 1.165) is 16.8 Å². The normalized spacial score (nSPS) is 11.4. The van der Waals surface area contributed by atoms with E-state index in [1.165, 1.54) is 11.8 Å². The second kappa shape index (κ2) is 6.31. The fourth-order valence-corrected chi connectivity index (χ4v) is 1.90. The number of benzene rings is 1. The molecule has 4 nitrogen and oxygen atoms in total. The molecular weight excluding hydrogens is 246 g/mol. The molecule has 0 spiro atoms. The van der Waals surface area contributed by atoms with Crippen LogP contribution in [0.25, 0.3) is 0 Å². The average Bonchev–Trinajstić information content (AvgIpc) is 2.31. The van der Waals surface area contributed by atoms with E-state index in [0.29, 0.717) is 10.9 Å². The Bertz CT molecular complexity index is 504. The van der Waals surface area contributed by atoms with Crippen molar-refractivity contribution < 1.29 is 5.11 Å². The van der Waals surface area contributed by atoms with Crippen molar-refractivity contribution in [2.45, 2.75) is 26.7 Å². The van der Waals surface area contributed by atoms with Crippen LogP contribution in [0.1, 0.15) is 30.9 Å². The van der Waals surface area contributed by atoms with Crippen LogP contribution < -0.4 is 5.32 Å². The molecule has 2 N–H and O–H groups in total. The number of thioether (sulfide) groups is 1. The Labute approximate surface area is 112 Å². The quantitative estimate of drug-likeness (QED) is 0.372. The number of nitrogens with one attached hydrogen (secondary N) is 1. The van der Waals surface area contributed by atoms with Gasteiger partial charge >= 0.3 is 0 Å². The largest absolute Gasteiger partial charge is 0.508 e. The van der Waals surface area contributed by atoms with Crippen LogP contribution in [-0.2, 0) is 0 Å². The number of phenols is 1. The molecule has 0 amide bonds. The van der Waals surface area contributed by atoms with Crippen LogP contribution in [0.2, 0.25) is 0 Å². The van der Waals surface area contributed by atoms with Crippen LogP contribution in [0.15, 0.2) is 17.1 Å². The molecule has 0 atom stereocenters. The Kier molecular flexibility index (Phi) is 5.05. The first-order valence-electron chi connectivity index (χ1n) is 5.60. The summed E-state index contributed by atoms with van der Waals surface area (Å²) in [5, 5.41) is 21.5. The summed E-state index contributed by atoms with van der Waals surface area (Å²) in [5.41, 5.74) is 2.50. The number of nitrogens with zero attached hydrogens (tertiary/aromatic N) is 2. The number of amidine groups is 1. The minimum absolute atomic E-state index is 0.223. The molecule has 0 aliphatic carbocycles. The van der Waals surface area contributed by atoms with E-state index < -0.39 is 0 Å². The van der Waals surface area contributed by atoms with E-state index in [-0.39, 0.29) is 5.92 Å². The molecule has 0 bridgehead atoms. The van der Waals surface area contributed by atoms with Crippen molar-refractivity contribution in [3.05, 3.63) is 23.3 Å². The van der Waals surface area contributed by atoms with Crippen molar-refractivity contribution in [2.24, 2.45) is 4.99 Å². The van der Waals surface area contributed by atoms with Crippen molar-refractivity contribution >= 4 is 22.6 Å². The number of aliphatic imine (C=N–C) groups is 1. The van der Waals surface area contributed by atoms with Gasteiger partial charge < -0.3 is 5.11 Å². The maximum Gasteiger partial charge on any atom is 0.183 e. The van der Waals surface area contributed by atoms with E-state index in [9.17, 15) is 5.11 Å². The zero-order chi connectivity index (χ0) is 13.7. The van der Waals surface area contributed by atoms with Crippen LogP contribution in [0.3, 0.4) is 0 Å². The van der Waals surface area contributed by atoms with E-state index in [1.807, 2.05) is 39.3 Å². The highest BCUT2D eigenvalue weighted by Gasteiger charge is 2.10. The van der Waals surface area contributed by atoms with Crippen LogP contribution in [0.4, 0.5) is 5.69 Å². The summed E-state index contributed by atoms with van der Waals surface area (Å²) in [5.74, 6) is 0.515. The lowest BCUT2D eigenvalue weighted by atomic mass is 9.99. The Hall–Kier alpha value is -1.67. The molecule has 5 heteroatoms. The molecule has 0 aromatic heterocycles. The van der Waals surface area contributed by atoms with Gasteiger partial charge in [0.1, 0.15) is 5.75 Å². The van der Waals surface area contributed by atoms with Gasteiger partial charge in [0, 0.05) is 0 Å². The minimum Gasteiger partial charge on any atom is -0.508 e. The Balaban J connectivity index is 3.24. The van der Waals surface area contributed by atoms with Gasteiger partial charge in [-0.2, -0.15) is 5.26 Å². The Morgan fingerprint density at radius 1 is 1.50 bits per heavy atom. The molecule has 1 aromatic carbocycles. The number of aromatic hydroxyl groups is 1. The van der Waals surface area contributed by atoms with Gasteiger partial charge in [-0.1, -0.05) is 25.6 Å². The van der Waals surface area contributed by atoms with Gasteiger partial charge in [0.25, 0.3) is 0 Å². The van der Waals surface area contributed by atoms with Gasteiger partial charge in [0.2, 0.25) is 0 Å². The molecule has 0 saturated heterocycles. The number of phenolic OH excluding ortho intramolecular Hbond substituents is 1. The number of nitriles is 1. The summed E-state index contributed by atoms with van der Waals surface area (Å²) in [6.45, 7) is 5.91. The molecule has 18 heavy (non-hydrogen) atoms. The molecule has 0 heterocycles. The molecule has 0 radical (unpaired) electrons. The van der Waals surface area contributed by atoms with Crippen molar-refractivity contribution in [3.63, 3.8) is 0 Å². The third kappa shape index (κ3) is 3.41. The van der Waals surface area contributed by atoms with Crippen LogP contribution in [-0.4, -0.2) is 16.5 Å². The van der Waals surface area contributed by atoms with Crippen molar-refractivity contribution in [2.75, 3.05) is 6.26 Å². The summed E-state index contributed by atoms with van der Waals surface area (Å²) in [6, 6.07) is 3.57. The second-order valence-electron chi connectivity index (χ2n) is 4.21. The summed E-state index contributed by atoms with van der Waals surface area (Å²) in [4.78, 5) is 4.39. The topological polar surface area (TPSA) is 68.4 Å². The Morgan fingerprint density at radius 3 is 2.67 bits per heavy atom. The molecule has 0 fully saturated rings. The summed E-state index contributed by atoms with van der Waals surface area (Å²) in [6.07, 6.45) is 3.71. The highest BCUT2D eigenvalue weighted by atomic mass is 32.2. The average molecular weight is 263 g/mol. The van der Waals surface area contributed by atoms with Gasteiger partial charge in [0.15, 0.2) is 11.4 Å². The smallest absolute Gasteiger partial charge is 0.183 e. The van der Waals surface area contributed by atoms with Crippen molar-refractivity contribution in [1.29, 1.82) is 5.26 Å². The first-order valence-corrected chi connectivity index (χ1v) is 6.83. The van der Waals surface area contributed by atoms with E-state index in [2.05, 4.69) is 10.3 Å². The summed E-state index contributed by atoms with van der Waals surface area (Å²) >= 11 is 1.37. The minimum atomic E-state index is 0.223. The van der Waals surface area contributed by atoms with Gasteiger partial charge in [0.05, 0.1) is 5.69 Å². The lowest BCUT2D eigenvalue weighted by Crippen LogP contribution is -2.12. The third-order valence-electron chi connectivity index (χ3n) is 2.55. The predicted molar refractivity (Wildman–Crippen MR) is 76.3 cm³/mol. The fraction of sp³-hybridized carbons (Fsp3) is 0.385. The van der Waals surface area contributed by atoms with Gasteiger partial charge in [-0.05, 0) is 42.4 Å². The zero-order valence-electron chi connectivity index (χ0n) is 11.0. The second-order valence-corrected chi connectivity index (χ2v) is 5.01. The number of hydrogen-bond donors (Lipinski definition) is 2. The standard InChI is InChI=1S/C13H17N3OS/c1-8(2)10-6-11(9(3)5-12(10)17)16-13(18-4)15-7-14/h5-6,8,17H,1-4H3,(H,15,16). The summed E-state index contributed by atoms with van der Waals surface area (Å²) < 4.78 is 0. The molecule has 0 aliphatic heterocycles.